The molecule has 0 spiro atoms. The molecule has 3 heteroatoms. The molecule has 1 amide bonds. The third-order valence-corrected chi connectivity index (χ3v) is 4.97. The van der Waals surface area contributed by atoms with Crippen LogP contribution in [0.2, 0.25) is 0 Å². The highest BCUT2D eigenvalue weighted by atomic mass is 19.1. The van der Waals surface area contributed by atoms with E-state index < -0.39 is 0 Å². The molecule has 0 aromatic heterocycles. The van der Waals surface area contributed by atoms with Crippen molar-refractivity contribution in [1.29, 1.82) is 0 Å². The number of anilines is 1. The van der Waals surface area contributed by atoms with E-state index in [0.29, 0.717) is 5.69 Å². The Balaban J connectivity index is 1.64. The quantitative estimate of drug-likeness (QED) is 0.733. The van der Waals surface area contributed by atoms with Gasteiger partial charge in [-0.15, -0.1) is 0 Å². The lowest BCUT2D eigenvalue weighted by molar-refractivity contribution is -0.117. The zero-order valence-corrected chi connectivity index (χ0v) is 13.7. The predicted octanol–water partition coefficient (Wildman–Crippen LogP) is 4.77. The van der Waals surface area contributed by atoms with Crippen molar-refractivity contribution in [3.63, 3.8) is 0 Å². The van der Waals surface area contributed by atoms with E-state index in [2.05, 4.69) is 29.6 Å². The van der Waals surface area contributed by atoms with Crippen LogP contribution in [-0.2, 0) is 10.2 Å². The first kappa shape index (κ1) is 15.6. The minimum absolute atomic E-state index is 0.0284. The summed E-state index contributed by atoms with van der Waals surface area (Å²) in [5, 5.41) is 2.92. The monoisotopic (exact) mass is 331 g/mol. The van der Waals surface area contributed by atoms with Gasteiger partial charge in [-0.25, -0.2) is 4.39 Å². The molecule has 2 nitrogen and oxygen atoms in total. The average molecular weight is 331 g/mol. The number of nitrogens with one attached hydrogen (secondary N) is 1. The number of carbonyl (C=O) groups excluding carboxylic acids is 1. The van der Waals surface area contributed by atoms with Crippen LogP contribution >= 0.6 is 0 Å². The Labute approximate surface area is 146 Å². The lowest BCUT2D eigenvalue weighted by Gasteiger charge is -2.19. The lowest BCUT2D eigenvalue weighted by atomic mass is 9.85. The molecule has 0 radical (unpaired) electrons. The summed E-state index contributed by atoms with van der Waals surface area (Å²) in [5.74, 6) is -0.478. The highest BCUT2D eigenvalue weighted by Crippen LogP contribution is 2.59. The normalized spacial score (nSPS) is 17.7. The Morgan fingerprint density at radius 1 is 0.840 bits per heavy atom. The largest absolute Gasteiger partial charge is 0.326 e. The molecule has 124 valence electrons. The van der Waals surface area contributed by atoms with Crippen molar-refractivity contribution in [2.24, 2.45) is 5.92 Å². The summed E-state index contributed by atoms with van der Waals surface area (Å²) >= 11 is 0. The molecule has 1 fully saturated rings. The fourth-order valence-electron chi connectivity index (χ4n) is 3.62. The maximum Gasteiger partial charge on any atom is 0.228 e. The molecular formula is C22H18FNO. The summed E-state index contributed by atoms with van der Waals surface area (Å²) < 4.78 is 13.0. The Hall–Kier alpha value is -2.94. The maximum absolute atomic E-state index is 13.0. The third-order valence-electron chi connectivity index (χ3n) is 4.97. The predicted molar refractivity (Wildman–Crippen MR) is 96.8 cm³/mol. The number of halogens is 1. The molecule has 1 aliphatic carbocycles. The third kappa shape index (κ3) is 2.82. The Bertz CT molecular complexity index is 835. The SMILES string of the molecule is O=C(Nc1ccc(F)cc1)C1CC1(c1ccccc1)c1ccccc1. The molecule has 3 aromatic carbocycles. The number of benzene rings is 3. The zero-order valence-electron chi connectivity index (χ0n) is 13.7. The van der Waals surface area contributed by atoms with Crippen LogP contribution in [0.1, 0.15) is 17.5 Å². The molecule has 0 aliphatic heterocycles. The lowest BCUT2D eigenvalue weighted by Crippen LogP contribution is -2.22. The fourth-order valence-corrected chi connectivity index (χ4v) is 3.62. The zero-order chi connectivity index (χ0) is 17.3. The first-order valence-electron chi connectivity index (χ1n) is 8.37. The summed E-state index contributed by atoms with van der Waals surface area (Å²) in [6.07, 6.45) is 0.772. The summed E-state index contributed by atoms with van der Waals surface area (Å²) in [7, 11) is 0. The highest BCUT2D eigenvalue weighted by Gasteiger charge is 2.60. The molecule has 4 rings (SSSR count). The van der Waals surface area contributed by atoms with Crippen LogP contribution < -0.4 is 5.32 Å². The molecule has 3 aromatic rings. The van der Waals surface area contributed by atoms with Gasteiger partial charge in [-0.05, 0) is 41.8 Å². The van der Waals surface area contributed by atoms with Crippen molar-refractivity contribution >= 4 is 11.6 Å². The van der Waals surface area contributed by atoms with Crippen molar-refractivity contribution in [1.82, 2.24) is 0 Å². The van der Waals surface area contributed by atoms with E-state index >= 15 is 0 Å². The van der Waals surface area contributed by atoms with Gasteiger partial charge < -0.3 is 5.32 Å². The minimum atomic E-state index is -0.313. The molecule has 1 saturated carbocycles. The summed E-state index contributed by atoms with van der Waals surface area (Å²) in [5.41, 5.74) is 2.64. The molecule has 0 saturated heterocycles. The van der Waals surface area contributed by atoms with Gasteiger partial charge in [0.25, 0.3) is 0 Å². The molecular weight excluding hydrogens is 313 g/mol. The van der Waals surface area contributed by atoms with Crippen LogP contribution in [-0.4, -0.2) is 5.91 Å². The number of rotatable bonds is 4. The molecule has 0 heterocycles. The summed E-state index contributed by atoms with van der Waals surface area (Å²) in [4.78, 5) is 12.8. The van der Waals surface area contributed by atoms with Gasteiger partial charge in [0.1, 0.15) is 5.82 Å². The van der Waals surface area contributed by atoms with Crippen LogP contribution in [0.3, 0.4) is 0 Å². The second kappa shape index (κ2) is 6.17. The Morgan fingerprint density at radius 3 is 1.88 bits per heavy atom. The maximum atomic E-state index is 13.0. The van der Waals surface area contributed by atoms with E-state index in [9.17, 15) is 9.18 Å². The molecule has 0 bridgehead atoms. The molecule has 1 unspecified atom stereocenters. The number of carbonyl (C=O) groups is 1. The van der Waals surface area contributed by atoms with Gasteiger partial charge in [-0.2, -0.15) is 0 Å². The van der Waals surface area contributed by atoms with E-state index in [-0.39, 0.29) is 23.1 Å². The average Bonchev–Trinajstić information content (AvgIpc) is 3.42. The van der Waals surface area contributed by atoms with E-state index in [1.807, 2.05) is 36.4 Å². The van der Waals surface area contributed by atoms with Gasteiger partial charge in [-0.3, -0.25) is 4.79 Å². The van der Waals surface area contributed by atoms with E-state index in [4.69, 9.17) is 0 Å². The second-order valence-electron chi connectivity index (χ2n) is 6.46. The molecule has 1 aliphatic rings. The van der Waals surface area contributed by atoms with Crippen LogP contribution in [0.15, 0.2) is 84.9 Å². The van der Waals surface area contributed by atoms with Crippen molar-refractivity contribution in [3.05, 3.63) is 102 Å². The molecule has 1 N–H and O–H groups in total. The van der Waals surface area contributed by atoms with Crippen molar-refractivity contribution < 1.29 is 9.18 Å². The standard InChI is InChI=1S/C22H18FNO/c23-18-11-13-19(14-12-18)24-21(25)20-15-22(20,16-7-3-1-4-8-16)17-9-5-2-6-10-17/h1-14,20H,15H2,(H,24,25). The molecule has 25 heavy (non-hydrogen) atoms. The fraction of sp³-hybridized carbons (Fsp3) is 0.136. The summed E-state index contributed by atoms with van der Waals surface area (Å²) in [6, 6.07) is 26.2. The van der Waals surface area contributed by atoms with Crippen molar-refractivity contribution in [3.8, 4) is 0 Å². The number of hydrogen-bond acceptors (Lipinski definition) is 1. The van der Waals surface area contributed by atoms with Crippen LogP contribution in [0.25, 0.3) is 0 Å². The Morgan fingerprint density at radius 2 is 1.36 bits per heavy atom. The van der Waals surface area contributed by atoms with Gasteiger partial charge in [-0.1, -0.05) is 60.7 Å². The number of hydrogen-bond donors (Lipinski definition) is 1. The van der Waals surface area contributed by atoms with E-state index in [0.717, 1.165) is 17.5 Å². The topological polar surface area (TPSA) is 29.1 Å². The van der Waals surface area contributed by atoms with Crippen molar-refractivity contribution in [2.45, 2.75) is 11.8 Å². The second-order valence-corrected chi connectivity index (χ2v) is 6.46. The van der Waals surface area contributed by atoms with Gasteiger partial charge in [0.15, 0.2) is 0 Å². The Kier molecular flexibility index (Phi) is 3.85. The minimum Gasteiger partial charge on any atom is -0.326 e. The van der Waals surface area contributed by atoms with E-state index in [1.165, 1.54) is 12.1 Å². The van der Waals surface area contributed by atoms with Gasteiger partial charge >= 0.3 is 0 Å². The first-order chi connectivity index (χ1) is 12.2. The van der Waals surface area contributed by atoms with Crippen LogP contribution in [0, 0.1) is 11.7 Å². The first-order valence-corrected chi connectivity index (χ1v) is 8.37. The van der Waals surface area contributed by atoms with Gasteiger partial charge in [0, 0.05) is 11.1 Å². The molecule has 1 atom stereocenters. The van der Waals surface area contributed by atoms with Crippen molar-refractivity contribution in [2.75, 3.05) is 5.32 Å². The van der Waals surface area contributed by atoms with Crippen LogP contribution in [0.5, 0.6) is 0 Å². The smallest absolute Gasteiger partial charge is 0.228 e. The van der Waals surface area contributed by atoms with Crippen LogP contribution in [0.4, 0.5) is 10.1 Å². The summed E-state index contributed by atoms with van der Waals surface area (Å²) in [6.45, 7) is 0. The number of amides is 1. The highest BCUT2D eigenvalue weighted by molar-refractivity contribution is 5.97. The van der Waals surface area contributed by atoms with Gasteiger partial charge in [0.2, 0.25) is 5.91 Å². The van der Waals surface area contributed by atoms with E-state index in [1.54, 1.807) is 12.1 Å². The van der Waals surface area contributed by atoms with Gasteiger partial charge in [0.05, 0.1) is 5.92 Å².